The fraction of sp³-hybridized carbons (Fsp3) is 0.154. The second-order valence-electron chi connectivity index (χ2n) is 3.42. The summed E-state index contributed by atoms with van der Waals surface area (Å²) in [6, 6.07) is 11.5. The Morgan fingerprint density at radius 1 is 1.06 bits per heavy atom. The first-order valence-electron chi connectivity index (χ1n) is 5.16. The van der Waals surface area contributed by atoms with Crippen LogP contribution in [0, 0.1) is 0 Å². The number of para-hydroxylation sites is 1. The molecule has 0 amide bonds. The quantitative estimate of drug-likeness (QED) is 0.821. The van der Waals surface area contributed by atoms with Gasteiger partial charge in [-0.2, -0.15) is 0 Å². The van der Waals surface area contributed by atoms with E-state index in [0.717, 1.165) is 17.1 Å². The summed E-state index contributed by atoms with van der Waals surface area (Å²) >= 11 is 1.67. The summed E-state index contributed by atoms with van der Waals surface area (Å²) in [4.78, 5) is 4.92. The molecule has 0 atom stereocenters. The lowest BCUT2D eigenvalue weighted by molar-refractivity contribution is 0.462. The van der Waals surface area contributed by atoms with Gasteiger partial charge in [-0.15, -0.1) is 11.8 Å². The highest BCUT2D eigenvalue weighted by atomic mass is 32.2. The van der Waals surface area contributed by atoms with Gasteiger partial charge in [-0.05, 0) is 36.2 Å². The molecule has 0 fully saturated rings. The van der Waals surface area contributed by atoms with Crippen LogP contribution in [0.1, 0.15) is 5.56 Å². The summed E-state index contributed by atoms with van der Waals surface area (Å²) in [6.45, 7) is 0. The van der Waals surface area contributed by atoms with Crippen molar-refractivity contribution in [3.63, 3.8) is 0 Å². The van der Waals surface area contributed by atoms with Crippen LogP contribution in [0.2, 0.25) is 0 Å². The van der Waals surface area contributed by atoms with Gasteiger partial charge in [0.2, 0.25) is 0 Å². The normalized spacial score (nSPS) is 10.2. The molecule has 0 aliphatic heterocycles. The summed E-state index contributed by atoms with van der Waals surface area (Å²) in [6.07, 6.45) is 4.60. The SMILES string of the molecule is Oc1ccccc1SCCc1ccncc1. The molecule has 0 aliphatic carbocycles. The van der Waals surface area contributed by atoms with Crippen LogP contribution >= 0.6 is 11.8 Å². The van der Waals surface area contributed by atoms with E-state index >= 15 is 0 Å². The largest absolute Gasteiger partial charge is 0.507 e. The average molecular weight is 231 g/mol. The molecule has 0 unspecified atom stereocenters. The zero-order valence-electron chi connectivity index (χ0n) is 8.84. The molecule has 0 bridgehead atoms. The smallest absolute Gasteiger partial charge is 0.129 e. The summed E-state index contributed by atoms with van der Waals surface area (Å²) in [5.41, 5.74) is 1.28. The fourth-order valence-electron chi connectivity index (χ4n) is 1.41. The Morgan fingerprint density at radius 2 is 1.81 bits per heavy atom. The third-order valence-corrected chi connectivity index (χ3v) is 3.33. The van der Waals surface area contributed by atoms with Gasteiger partial charge in [0.05, 0.1) is 0 Å². The number of aromatic nitrogens is 1. The number of phenolic OH excluding ortho intramolecular Hbond substituents is 1. The molecule has 0 saturated carbocycles. The number of nitrogens with zero attached hydrogens (tertiary/aromatic N) is 1. The Labute approximate surface area is 99.4 Å². The van der Waals surface area contributed by atoms with Gasteiger partial charge in [0, 0.05) is 23.0 Å². The second-order valence-corrected chi connectivity index (χ2v) is 4.56. The van der Waals surface area contributed by atoms with E-state index in [1.165, 1.54) is 5.56 Å². The van der Waals surface area contributed by atoms with Gasteiger partial charge < -0.3 is 5.11 Å². The maximum absolute atomic E-state index is 9.58. The van der Waals surface area contributed by atoms with E-state index in [9.17, 15) is 5.11 Å². The number of phenols is 1. The molecule has 0 aliphatic rings. The van der Waals surface area contributed by atoms with Crippen LogP contribution in [0.3, 0.4) is 0 Å². The van der Waals surface area contributed by atoms with Crippen LogP contribution in [-0.2, 0) is 6.42 Å². The fourth-order valence-corrected chi connectivity index (χ4v) is 2.36. The van der Waals surface area contributed by atoms with Crippen LogP contribution in [0.4, 0.5) is 0 Å². The second kappa shape index (κ2) is 5.56. The monoisotopic (exact) mass is 231 g/mol. The van der Waals surface area contributed by atoms with Crippen molar-refractivity contribution in [1.29, 1.82) is 0 Å². The van der Waals surface area contributed by atoms with Gasteiger partial charge in [-0.3, -0.25) is 4.98 Å². The molecule has 3 heteroatoms. The van der Waals surface area contributed by atoms with Gasteiger partial charge in [0.1, 0.15) is 5.75 Å². The summed E-state index contributed by atoms with van der Waals surface area (Å²) in [5.74, 6) is 1.32. The number of hydrogen-bond donors (Lipinski definition) is 1. The Bertz CT molecular complexity index is 445. The Morgan fingerprint density at radius 3 is 2.56 bits per heavy atom. The topological polar surface area (TPSA) is 33.1 Å². The van der Waals surface area contributed by atoms with E-state index in [1.807, 2.05) is 30.3 Å². The summed E-state index contributed by atoms with van der Waals surface area (Å²) < 4.78 is 0. The molecule has 2 rings (SSSR count). The van der Waals surface area contributed by atoms with E-state index in [4.69, 9.17) is 0 Å². The molecule has 2 aromatic rings. The number of aryl methyl sites for hydroxylation is 1. The maximum atomic E-state index is 9.58. The van der Waals surface area contributed by atoms with Gasteiger partial charge in [-0.1, -0.05) is 12.1 Å². The summed E-state index contributed by atoms with van der Waals surface area (Å²) in [7, 11) is 0. The molecule has 0 spiro atoms. The lowest BCUT2D eigenvalue weighted by Gasteiger charge is -2.03. The molecule has 1 aromatic carbocycles. The van der Waals surface area contributed by atoms with Gasteiger partial charge >= 0.3 is 0 Å². The molecule has 82 valence electrons. The molecular formula is C13H13NOS. The molecule has 0 radical (unpaired) electrons. The Balaban J connectivity index is 1.87. The highest BCUT2D eigenvalue weighted by molar-refractivity contribution is 7.99. The third kappa shape index (κ3) is 3.00. The van der Waals surface area contributed by atoms with Crippen molar-refractivity contribution in [3.05, 3.63) is 54.4 Å². The Kier molecular flexibility index (Phi) is 3.83. The average Bonchev–Trinajstić information content (AvgIpc) is 2.33. The molecule has 1 aromatic heterocycles. The van der Waals surface area contributed by atoms with Crippen molar-refractivity contribution >= 4 is 11.8 Å². The predicted molar refractivity (Wildman–Crippen MR) is 66.8 cm³/mol. The molecule has 1 heterocycles. The summed E-state index contributed by atoms with van der Waals surface area (Å²) in [5, 5.41) is 9.58. The minimum atomic E-state index is 0.363. The molecule has 2 nitrogen and oxygen atoms in total. The molecule has 16 heavy (non-hydrogen) atoms. The van der Waals surface area contributed by atoms with Crippen molar-refractivity contribution in [2.45, 2.75) is 11.3 Å². The maximum Gasteiger partial charge on any atom is 0.129 e. The number of hydrogen-bond acceptors (Lipinski definition) is 3. The van der Waals surface area contributed by atoms with E-state index in [-0.39, 0.29) is 0 Å². The minimum absolute atomic E-state index is 0.363. The minimum Gasteiger partial charge on any atom is -0.507 e. The standard InChI is InChI=1S/C13H13NOS/c15-12-3-1-2-4-13(12)16-10-7-11-5-8-14-9-6-11/h1-6,8-9,15H,7,10H2. The number of thioether (sulfide) groups is 1. The molecule has 0 saturated heterocycles. The van der Waals surface area contributed by atoms with E-state index < -0.39 is 0 Å². The van der Waals surface area contributed by atoms with Crippen molar-refractivity contribution in [2.75, 3.05) is 5.75 Å². The first-order chi connectivity index (χ1) is 7.86. The van der Waals surface area contributed by atoms with Crippen LogP contribution in [0.25, 0.3) is 0 Å². The van der Waals surface area contributed by atoms with Crippen LogP contribution in [0.5, 0.6) is 5.75 Å². The molecular weight excluding hydrogens is 218 g/mol. The lowest BCUT2D eigenvalue weighted by atomic mass is 10.2. The first-order valence-corrected chi connectivity index (χ1v) is 6.14. The zero-order valence-corrected chi connectivity index (χ0v) is 9.65. The predicted octanol–water partition coefficient (Wildman–Crippen LogP) is 3.12. The molecule has 1 N–H and O–H groups in total. The van der Waals surface area contributed by atoms with E-state index in [2.05, 4.69) is 4.98 Å². The van der Waals surface area contributed by atoms with Crippen LogP contribution in [0.15, 0.2) is 53.7 Å². The van der Waals surface area contributed by atoms with Crippen molar-refractivity contribution in [1.82, 2.24) is 4.98 Å². The number of pyridine rings is 1. The zero-order chi connectivity index (χ0) is 11.2. The van der Waals surface area contributed by atoms with Crippen molar-refractivity contribution in [3.8, 4) is 5.75 Å². The van der Waals surface area contributed by atoms with Gasteiger partial charge in [0.15, 0.2) is 0 Å². The van der Waals surface area contributed by atoms with Crippen LogP contribution in [-0.4, -0.2) is 15.8 Å². The number of rotatable bonds is 4. The number of benzene rings is 1. The first kappa shape index (κ1) is 11.0. The van der Waals surface area contributed by atoms with Crippen LogP contribution < -0.4 is 0 Å². The van der Waals surface area contributed by atoms with E-state index in [0.29, 0.717) is 5.75 Å². The highest BCUT2D eigenvalue weighted by Gasteiger charge is 2.00. The van der Waals surface area contributed by atoms with E-state index in [1.54, 1.807) is 30.2 Å². The Hall–Kier alpha value is -1.48. The van der Waals surface area contributed by atoms with Gasteiger partial charge in [0.25, 0.3) is 0 Å². The highest BCUT2D eigenvalue weighted by Crippen LogP contribution is 2.27. The third-order valence-electron chi connectivity index (χ3n) is 2.26. The van der Waals surface area contributed by atoms with Gasteiger partial charge in [-0.25, -0.2) is 0 Å². The van der Waals surface area contributed by atoms with Crippen molar-refractivity contribution < 1.29 is 5.11 Å². The lowest BCUT2D eigenvalue weighted by Crippen LogP contribution is -1.88. The van der Waals surface area contributed by atoms with Crippen molar-refractivity contribution in [2.24, 2.45) is 0 Å². The number of aromatic hydroxyl groups is 1.